The van der Waals surface area contributed by atoms with Crippen LogP contribution in [0.1, 0.15) is 265 Å². The lowest BCUT2D eigenvalue weighted by Gasteiger charge is -2.39. The van der Waals surface area contributed by atoms with Crippen LogP contribution in [0.4, 0.5) is 0 Å². The van der Waals surface area contributed by atoms with Crippen molar-refractivity contribution >= 4 is 5.97 Å². The van der Waals surface area contributed by atoms with Gasteiger partial charge in [0.15, 0.2) is 0 Å². The Kier molecular flexibility index (Phi) is 46.2. The molecular weight excluding hydrogens is 767 g/mol. The van der Waals surface area contributed by atoms with Crippen molar-refractivity contribution in [1.29, 1.82) is 0 Å². The molecule has 1 unspecified atom stereocenters. The highest BCUT2D eigenvalue weighted by Crippen LogP contribution is 2.35. The molecule has 3 nitrogen and oxygen atoms in total. The maximum Gasteiger partial charge on any atom is 0.305 e. The largest absolute Gasteiger partial charge is 0.465 e. The van der Waals surface area contributed by atoms with Crippen molar-refractivity contribution in [3.05, 3.63) is 72.9 Å². The summed E-state index contributed by atoms with van der Waals surface area (Å²) < 4.78 is 7.17. The molecule has 0 amide bonds. The van der Waals surface area contributed by atoms with E-state index in [4.69, 9.17) is 4.74 Å². The topological polar surface area (TPSA) is 26.3 Å². The third-order valence-corrected chi connectivity index (χ3v) is 12.5. The first-order valence-corrected chi connectivity index (χ1v) is 27.6. The zero-order valence-corrected chi connectivity index (χ0v) is 43.5. The summed E-state index contributed by atoms with van der Waals surface area (Å²) in [6.45, 7) is 8.48. The van der Waals surface area contributed by atoms with E-state index in [9.17, 15) is 4.79 Å². The van der Waals surface area contributed by atoms with Crippen LogP contribution in [-0.4, -0.2) is 44.7 Å². The van der Waals surface area contributed by atoms with Crippen LogP contribution in [-0.2, 0) is 9.53 Å². The Balaban J connectivity index is 4.82. The number of rotatable bonds is 48. The van der Waals surface area contributed by atoms with E-state index in [1.165, 1.54) is 205 Å². The van der Waals surface area contributed by atoms with Crippen LogP contribution < -0.4 is 0 Å². The lowest BCUT2D eigenvalue weighted by molar-refractivity contribution is -0.877. The minimum atomic E-state index is 0.0283. The van der Waals surface area contributed by atoms with E-state index in [0.717, 1.165) is 43.1 Å². The zero-order valence-electron chi connectivity index (χ0n) is 43.5. The summed E-state index contributed by atoms with van der Waals surface area (Å²) in [5, 5.41) is 0. The molecule has 0 radical (unpaired) electrons. The number of nitrogens with zero attached hydrogens (tertiary/aromatic N) is 1. The second-order valence-electron chi connectivity index (χ2n) is 20.3. The predicted molar refractivity (Wildman–Crippen MR) is 284 cm³/mol. The average molecular weight is 878 g/mol. The number of carbonyl (C=O) groups is 1. The van der Waals surface area contributed by atoms with Gasteiger partial charge in [-0.05, 0) is 116 Å². The Morgan fingerprint density at radius 1 is 0.381 bits per heavy atom. The number of carbonyl (C=O) groups excluding carboxylic acids is 1. The predicted octanol–water partition coefficient (Wildman–Crippen LogP) is 19.4. The van der Waals surface area contributed by atoms with Gasteiger partial charge in [0.25, 0.3) is 0 Å². The molecule has 0 heterocycles. The van der Waals surface area contributed by atoms with Gasteiger partial charge in [-0.2, -0.15) is 0 Å². The molecule has 0 N–H and O–H groups in total. The summed E-state index contributed by atoms with van der Waals surface area (Å²) in [4.78, 5) is 13.2. The summed E-state index contributed by atoms with van der Waals surface area (Å²) in [5.41, 5.74) is 0.0662. The molecule has 0 saturated heterocycles. The van der Waals surface area contributed by atoms with Crippen molar-refractivity contribution in [3.63, 3.8) is 0 Å². The third-order valence-electron chi connectivity index (χ3n) is 12.5. The fraction of sp³-hybridized carbons (Fsp3) is 0.783. The number of hydrogen-bond acceptors (Lipinski definition) is 2. The molecule has 0 saturated carbocycles. The first-order chi connectivity index (χ1) is 30.8. The van der Waals surface area contributed by atoms with Gasteiger partial charge in [0, 0.05) is 6.42 Å². The van der Waals surface area contributed by atoms with Crippen molar-refractivity contribution < 1.29 is 14.0 Å². The van der Waals surface area contributed by atoms with E-state index < -0.39 is 0 Å². The first kappa shape index (κ1) is 60.9. The van der Waals surface area contributed by atoms with E-state index in [1.807, 2.05) is 0 Å². The van der Waals surface area contributed by atoms with Gasteiger partial charge in [-0.1, -0.05) is 216 Å². The highest BCUT2D eigenvalue weighted by Gasteiger charge is 2.36. The van der Waals surface area contributed by atoms with E-state index in [0.29, 0.717) is 13.0 Å². The highest BCUT2D eigenvalue weighted by atomic mass is 16.5. The van der Waals surface area contributed by atoms with Gasteiger partial charge < -0.3 is 9.22 Å². The van der Waals surface area contributed by atoms with Crippen LogP contribution in [0.15, 0.2) is 72.9 Å². The lowest BCUT2D eigenvalue weighted by Crippen LogP contribution is -2.47. The molecule has 0 aliphatic rings. The van der Waals surface area contributed by atoms with Gasteiger partial charge in [0.05, 0.1) is 33.1 Å². The summed E-state index contributed by atoms with van der Waals surface area (Å²) in [7, 11) is 6.99. The SMILES string of the molecule is CCCCCC=CCC=CCCCCCCCCC(CCCCCCCC/C=C\C/C=C\CCCCC)(COC(=O)CCCCCCC/C=C\C/C=C\CCCCC)C[N+](C)(C)C. The molecule has 0 fully saturated rings. The van der Waals surface area contributed by atoms with Gasteiger partial charge in [-0.3, -0.25) is 4.79 Å². The molecule has 0 aromatic rings. The van der Waals surface area contributed by atoms with E-state index >= 15 is 0 Å². The third kappa shape index (κ3) is 47.6. The Morgan fingerprint density at radius 3 is 0.984 bits per heavy atom. The van der Waals surface area contributed by atoms with Crippen LogP contribution in [0.5, 0.6) is 0 Å². The van der Waals surface area contributed by atoms with Crippen LogP contribution in [0, 0.1) is 5.41 Å². The first-order valence-electron chi connectivity index (χ1n) is 27.6. The normalized spacial score (nSPS) is 13.7. The van der Waals surface area contributed by atoms with Crippen LogP contribution in [0.25, 0.3) is 0 Å². The molecule has 0 aliphatic carbocycles. The second-order valence-corrected chi connectivity index (χ2v) is 20.3. The lowest BCUT2D eigenvalue weighted by atomic mass is 9.77. The summed E-state index contributed by atoms with van der Waals surface area (Å²) in [5.74, 6) is 0.0283. The summed E-state index contributed by atoms with van der Waals surface area (Å²) >= 11 is 0. The minimum absolute atomic E-state index is 0.0283. The van der Waals surface area contributed by atoms with Crippen LogP contribution >= 0.6 is 0 Å². The zero-order chi connectivity index (χ0) is 46.1. The Hall–Kier alpha value is -2.13. The Bertz CT molecular complexity index is 1090. The van der Waals surface area contributed by atoms with E-state index in [2.05, 4.69) is 115 Å². The van der Waals surface area contributed by atoms with Crippen molar-refractivity contribution in [1.82, 2.24) is 0 Å². The van der Waals surface area contributed by atoms with Crippen molar-refractivity contribution in [2.24, 2.45) is 5.41 Å². The summed E-state index contributed by atoms with van der Waals surface area (Å²) in [6.07, 6.45) is 75.0. The molecule has 366 valence electrons. The number of allylic oxidation sites excluding steroid dienone is 12. The van der Waals surface area contributed by atoms with E-state index in [1.54, 1.807) is 0 Å². The van der Waals surface area contributed by atoms with Crippen LogP contribution in [0.3, 0.4) is 0 Å². The number of esters is 1. The van der Waals surface area contributed by atoms with Gasteiger partial charge in [-0.25, -0.2) is 0 Å². The molecule has 0 aromatic heterocycles. The van der Waals surface area contributed by atoms with E-state index in [-0.39, 0.29) is 11.4 Å². The smallest absolute Gasteiger partial charge is 0.305 e. The summed E-state index contributed by atoms with van der Waals surface area (Å²) in [6, 6.07) is 0. The molecular formula is C60H110NO2+. The molecule has 0 rings (SSSR count). The number of quaternary nitrogens is 1. The van der Waals surface area contributed by atoms with Crippen molar-refractivity contribution in [3.8, 4) is 0 Å². The van der Waals surface area contributed by atoms with Gasteiger partial charge in [0.2, 0.25) is 0 Å². The standard InChI is InChI=1S/C60H110NO2/c1-7-10-13-16-19-22-25-28-31-34-37-40-43-46-49-52-55-60(57-61(4,5)6,56-53-50-47-44-41-38-35-32-29-26-23-20-17-14-11-8-2)58-63-59(62)54-51-48-45-42-39-36-33-30-27-24-21-18-15-12-9-3/h19-24,28-33H,7-18,25-27,34-58H2,1-6H3/q+1/b22-19-,23-20?,24-21-,31-28-,32-29?,33-30-. The number of ether oxygens (including phenoxy) is 1. The Morgan fingerprint density at radius 2 is 0.667 bits per heavy atom. The molecule has 3 heteroatoms. The van der Waals surface area contributed by atoms with Gasteiger partial charge >= 0.3 is 5.97 Å². The fourth-order valence-corrected chi connectivity index (χ4v) is 8.84. The fourth-order valence-electron chi connectivity index (χ4n) is 8.84. The highest BCUT2D eigenvalue weighted by molar-refractivity contribution is 5.69. The Labute approximate surface area is 395 Å². The van der Waals surface area contributed by atoms with Gasteiger partial charge in [0.1, 0.15) is 6.61 Å². The molecule has 1 atom stereocenters. The molecule has 63 heavy (non-hydrogen) atoms. The minimum Gasteiger partial charge on any atom is -0.465 e. The molecule has 0 aromatic carbocycles. The quantitative estimate of drug-likeness (QED) is 0.0263. The molecule has 0 aliphatic heterocycles. The average Bonchev–Trinajstić information content (AvgIpc) is 3.26. The van der Waals surface area contributed by atoms with Crippen molar-refractivity contribution in [2.75, 3.05) is 34.3 Å². The maximum absolute atomic E-state index is 13.2. The molecule has 0 spiro atoms. The molecule has 0 bridgehead atoms. The van der Waals surface area contributed by atoms with Crippen LogP contribution in [0.2, 0.25) is 0 Å². The number of hydrogen-bond donors (Lipinski definition) is 0. The monoisotopic (exact) mass is 877 g/mol. The van der Waals surface area contributed by atoms with Gasteiger partial charge in [-0.15, -0.1) is 0 Å². The second kappa shape index (κ2) is 47.8. The maximum atomic E-state index is 13.2. The number of unbranched alkanes of at least 4 members (excludes halogenated alkanes) is 26. The van der Waals surface area contributed by atoms with Crippen molar-refractivity contribution in [2.45, 2.75) is 265 Å².